The van der Waals surface area contributed by atoms with Crippen molar-refractivity contribution in [3.8, 4) is 22.6 Å². The Morgan fingerprint density at radius 2 is 0.791 bits per heavy atom. The van der Waals surface area contributed by atoms with E-state index >= 15 is 0 Å². The second-order valence-electron chi connectivity index (χ2n) is 10.3. The highest BCUT2D eigenvalue weighted by molar-refractivity contribution is 5.82. The second kappa shape index (κ2) is 12.6. The van der Waals surface area contributed by atoms with E-state index in [1.54, 1.807) is 14.2 Å². The van der Waals surface area contributed by atoms with Gasteiger partial charge in [0.15, 0.2) is 0 Å². The number of nitrogens with zero attached hydrogens (tertiary/aromatic N) is 2. The van der Waals surface area contributed by atoms with Crippen molar-refractivity contribution >= 4 is 34.1 Å². The van der Waals surface area contributed by atoms with Crippen LogP contribution in [0.2, 0.25) is 0 Å². The van der Waals surface area contributed by atoms with Gasteiger partial charge in [-0.2, -0.15) is 0 Å². The first-order chi connectivity index (χ1) is 21.1. The first kappa shape index (κ1) is 27.7. The molecule has 0 N–H and O–H groups in total. The molecule has 0 atom stereocenters. The van der Waals surface area contributed by atoms with Crippen molar-refractivity contribution in [2.24, 2.45) is 0 Å². The highest BCUT2D eigenvalue weighted by Crippen LogP contribution is 2.40. The highest BCUT2D eigenvalue weighted by Gasteiger charge is 2.16. The van der Waals surface area contributed by atoms with Gasteiger partial charge >= 0.3 is 0 Å². The molecule has 6 aromatic rings. The van der Waals surface area contributed by atoms with Crippen LogP contribution < -0.4 is 19.3 Å². The minimum Gasteiger partial charge on any atom is -0.497 e. The molecule has 6 aromatic carbocycles. The molecule has 0 saturated heterocycles. The highest BCUT2D eigenvalue weighted by atomic mass is 16.5. The Morgan fingerprint density at radius 1 is 0.395 bits per heavy atom. The molecule has 0 unspecified atom stereocenters. The van der Waals surface area contributed by atoms with E-state index in [9.17, 15) is 0 Å². The predicted molar refractivity (Wildman–Crippen MR) is 179 cm³/mol. The first-order valence-electron chi connectivity index (χ1n) is 14.3. The summed E-state index contributed by atoms with van der Waals surface area (Å²) >= 11 is 0. The first-order valence-corrected chi connectivity index (χ1v) is 14.3. The summed E-state index contributed by atoms with van der Waals surface area (Å²) in [7, 11) is 3.38. The summed E-state index contributed by atoms with van der Waals surface area (Å²) in [4.78, 5) is 4.54. The molecule has 43 heavy (non-hydrogen) atoms. The van der Waals surface area contributed by atoms with Crippen LogP contribution in [-0.4, -0.2) is 14.2 Å². The number of methoxy groups -OCH3 is 2. The van der Waals surface area contributed by atoms with E-state index in [1.165, 1.54) is 11.1 Å². The summed E-state index contributed by atoms with van der Waals surface area (Å²) in [6, 6.07) is 52.7. The number of anilines is 6. The van der Waals surface area contributed by atoms with Gasteiger partial charge in [-0.3, -0.25) is 0 Å². The Morgan fingerprint density at radius 3 is 1.26 bits per heavy atom. The number of para-hydroxylation sites is 2. The Labute approximate surface area is 254 Å². The molecule has 0 aliphatic heterocycles. The smallest absolute Gasteiger partial charge is 0.119 e. The molecule has 0 saturated carbocycles. The third-order valence-corrected chi connectivity index (χ3v) is 7.59. The van der Waals surface area contributed by atoms with Crippen LogP contribution in [0.1, 0.15) is 5.56 Å². The maximum Gasteiger partial charge on any atom is 0.119 e. The number of hydrogen-bond donors (Lipinski definition) is 0. The van der Waals surface area contributed by atoms with Gasteiger partial charge in [0.25, 0.3) is 0 Å². The Balaban J connectivity index is 1.33. The average molecular weight is 563 g/mol. The van der Waals surface area contributed by atoms with Gasteiger partial charge in [0.05, 0.1) is 14.2 Å². The number of ether oxygens (including phenoxy) is 2. The van der Waals surface area contributed by atoms with Gasteiger partial charge in [-0.1, -0.05) is 54.6 Å². The third kappa shape index (κ3) is 5.95. The molecule has 0 aliphatic rings. The van der Waals surface area contributed by atoms with Crippen LogP contribution in [0.25, 0.3) is 11.1 Å². The number of rotatable bonds is 9. The van der Waals surface area contributed by atoms with E-state index < -0.39 is 0 Å². The molecule has 0 radical (unpaired) electrons. The normalized spacial score (nSPS) is 10.7. The molecule has 0 heterocycles. The maximum atomic E-state index is 5.40. The van der Waals surface area contributed by atoms with Crippen LogP contribution in [0.4, 0.5) is 34.1 Å². The molecular formula is C39H34N2O2. The van der Waals surface area contributed by atoms with Crippen molar-refractivity contribution in [3.63, 3.8) is 0 Å². The van der Waals surface area contributed by atoms with Crippen LogP contribution in [0.5, 0.6) is 11.5 Å². The van der Waals surface area contributed by atoms with Gasteiger partial charge in [0.1, 0.15) is 11.5 Å². The molecular weight excluding hydrogens is 528 g/mol. The molecule has 0 fully saturated rings. The van der Waals surface area contributed by atoms with Crippen molar-refractivity contribution in [2.45, 2.75) is 6.92 Å². The fourth-order valence-corrected chi connectivity index (χ4v) is 5.38. The molecule has 4 nitrogen and oxygen atoms in total. The molecule has 0 bridgehead atoms. The summed E-state index contributed by atoms with van der Waals surface area (Å²) in [5, 5.41) is 0. The second-order valence-corrected chi connectivity index (χ2v) is 10.3. The van der Waals surface area contributed by atoms with Crippen molar-refractivity contribution in [2.75, 3.05) is 24.0 Å². The summed E-state index contributed by atoms with van der Waals surface area (Å²) in [5.41, 5.74) is 10.1. The lowest BCUT2D eigenvalue weighted by Gasteiger charge is -2.27. The molecule has 0 aliphatic carbocycles. The summed E-state index contributed by atoms with van der Waals surface area (Å²) in [5.74, 6) is 1.67. The van der Waals surface area contributed by atoms with E-state index in [4.69, 9.17) is 9.47 Å². The molecule has 212 valence electrons. The Bertz CT molecular complexity index is 1770. The quantitative estimate of drug-likeness (QED) is 0.175. The van der Waals surface area contributed by atoms with Crippen LogP contribution in [0, 0.1) is 6.92 Å². The minimum absolute atomic E-state index is 0.837. The Hall–Kier alpha value is -5.48. The maximum absolute atomic E-state index is 5.40. The van der Waals surface area contributed by atoms with E-state index in [0.717, 1.165) is 51.2 Å². The largest absolute Gasteiger partial charge is 0.497 e. The zero-order valence-corrected chi connectivity index (χ0v) is 24.6. The molecule has 0 aromatic heterocycles. The lowest BCUT2D eigenvalue weighted by Crippen LogP contribution is -2.11. The molecule has 0 amide bonds. The lowest BCUT2D eigenvalue weighted by molar-refractivity contribution is 0.414. The van der Waals surface area contributed by atoms with Crippen molar-refractivity contribution in [1.29, 1.82) is 0 Å². The van der Waals surface area contributed by atoms with Crippen molar-refractivity contribution in [1.82, 2.24) is 0 Å². The van der Waals surface area contributed by atoms with Crippen LogP contribution in [0.15, 0.2) is 152 Å². The van der Waals surface area contributed by atoms with Gasteiger partial charge in [-0.25, -0.2) is 0 Å². The number of benzene rings is 6. The third-order valence-electron chi connectivity index (χ3n) is 7.59. The van der Waals surface area contributed by atoms with E-state index in [1.807, 2.05) is 36.4 Å². The topological polar surface area (TPSA) is 24.9 Å². The SMILES string of the molecule is COc1ccc(N(c2ccccc2)c2ccc(-c3ccc(N(c4ccccc4)c4ccc(OC)cc4)c(C)c3)cc2)cc1. The molecule has 6 rings (SSSR count). The zero-order valence-electron chi connectivity index (χ0n) is 24.6. The predicted octanol–water partition coefficient (Wildman–Crippen LogP) is 10.6. The Kier molecular flexibility index (Phi) is 8.10. The van der Waals surface area contributed by atoms with E-state index in [-0.39, 0.29) is 0 Å². The monoisotopic (exact) mass is 562 g/mol. The minimum atomic E-state index is 0.837. The summed E-state index contributed by atoms with van der Waals surface area (Å²) < 4.78 is 10.8. The van der Waals surface area contributed by atoms with Gasteiger partial charge in [-0.15, -0.1) is 0 Å². The standard InChI is InChI=1S/C39H34N2O2/c1-29-28-31(16-27-39(29)41(33-12-8-5-9-13-33)36-21-25-38(43-3)26-22-36)30-14-17-34(18-15-30)40(32-10-6-4-7-11-32)35-19-23-37(42-2)24-20-35/h4-28H,1-3H3. The van der Waals surface area contributed by atoms with Gasteiger partial charge < -0.3 is 19.3 Å². The lowest BCUT2D eigenvalue weighted by atomic mass is 10.0. The number of aryl methyl sites for hydroxylation is 1. The van der Waals surface area contributed by atoms with E-state index in [0.29, 0.717) is 0 Å². The van der Waals surface area contributed by atoms with Crippen LogP contribution in [0.3, 0.4) is 0 Å². The van der Waals surface area contributed by atoms with E-state index in [2.05, 4.69) is 132 Å². The van der Waals surface area contributed by atoms with Crippen molar-refractivity contribution in [3.05, 3.63) is 157 Å². The number of hydrogen-bond acceptors (Lipinski definition) is 4. The molecule has 0 spiro atoms. The average Bonchev–Trinajstić information content (AvgIpc) is 3.08. The molecule has 4 heteroatoms. The zero-order chi connectivity index (χ0) is 29.6. The summed E-state index contributed by atoms with van der Waals surface area (Å²) in [6.07, 6.45) is 0. The van der Waals surface area contributed by atoms with Crippen LogP contribution >= 0.6 is 0 Å². The van der Waals surface area contributed by atoms with Gasteiger partial charge in [-0.05, 0) is 121 Å². The fraction of sp³-hybridized carbons (Fsp3) is 0.0769. The van der Waals surface area contributed by atoms with Gasteiger partial charge in [0, 0.05) is 34.1 Å². The summed E-state index contributed by atoms with van der Waals surface area (Å²) in [6.45, 7) is 2.17. The fourth-order valence-electron chi connectivity index (χ4n) is 5.38. The van der Waals surface area contributed by atoms with Crippen molar-refractivity contribution < 1.29 is 9.47 Å². The van der Waals surface area contributed by atoms with Crippen LogP contribution in [-0.2, 0) is 0 Å². The van der Waals surface area contributed by atoms with Gasteiger partial charge in [0.2, 0.25) is 0 Å².